The van der Waals surface area contributed by atoms with Crippen molar-refractivity contribution < 1.29 is 9.53 Å². The van der Waals surface area contributed by atoms with Gasteiger partial charge in [0.2, 0.25) is 5.91 Å². The summed E-state index contributed by atoms with van der Waals surface area (Å²) in [4.78, 5) is 19.0. The summed E-state index contributed by atoms with van der Waals surface area (Å²) in [7, 11) is 0. The number of piperidine rings is 1. The lowest BCUT2D eigenvalue weighted by atomic mass is 10.00. The Labute approximate surface area is 168 Å². The van der Waals surface area contributed by atoms with Crippen molar-refractivity contribution in [2.45, 2.75) is 52.4 Å². The maximum Gasteiger partial charge on any atom is 0.234 e. The van der Waals surface area contributed by atoms with E-state index in [1.807, 2.05) is 18.2 Å². The predicted octanol–water partition coefficient (Wildman–Crippen LogP) is 3.56. The summed E-state index contributed by atoms with van der Waals surface area (Å²) in [5.41, 5.74) is 4.58. The first-order valence-electron chi connectivity index (χ1n) is 10.1. The largest absolute Gasteiger partial charge is 0.372 e. The minimum atomic E-state index is 0.0200. The Kier molecular flexibility index (Phi) is 7.18. The van der Waals surface area contributed by atoms with E-state index in [4.69, 9.17) is 4.74 Å². The first kappa shape index (κ1) is 20.5. The molecule has 1 atom stereocenters. The number of ether oxygens (including phenoxy) is 1. The first-order chi connectivity index (χ1) is 13.5. The summed E-state index contributed by atoms with van der Waals surface area (Å²) < 4.78 is 5.98. The van der Waals surface area contributed by atoms with Gasteiger partial charge in [0.1, 0.15) is 0 Å². The Morgan fingerprint density at radius 1 is 1.25 bits per heavy atom. The number of rotatable bonds is 7. The van der Waals surface area contributed by atoms with E-state index in [-0.39, 0.29) is 18.1 Å². The monoisotopic (exact) mass is 381 g/mol. The van der Waals surface area contributed by atoms with E-state index >= 15 is 0 Å². The molecule has 2 heterocycles. The molecule has 1 aliphatic rings. The molecule has 0 radical (unpaired) electrons. The van der Waals surface area contributed by atoms with E-state index in [2.05, 4.69) is 54.2 Å². The Bertz CT molecular complexity index is 771. The zero-order valence-electron chi connectivity index (χ0n) is 17.1. The highest BCUT2D eigenvalue weighted by Gasteiger charge is 2.22. The quantitative estimate of drug-likeness (QED) is 0.797. The lowest BCUT2D eigenvalue weighted by molar-refractivity contribution is -0.123. The number of pyridine rings is 1. The van der Waals surface area contributed by atoms with Crippen LogP contribution in [-0.2, 0) is 16.1 Å². The molecule has 1 amide bonds. The molecule has 1 fully saturated rings. The van der Waals surface area contributed by atoms with Crippen LogP contribution in [0, 0.1) is 13.8 Å². The molecule has 1 aromatic heterocycles. The SMILES string of the molecule is Cc1ccc(C)c(C(C)NC(=O)CN2CCC(OCc3ccccn3)CC2)c1. The van der Waals surface area contributed by atoms with Crippen LogP contribution < -0.4 is 5.32 Å². The molecule has 5 nitrogen and oxygen atoms in total. The van der Waals surface area contributed by atoms with Gasteiger partial charge < -0.3 is 10.1 Å². The Morgan fingerprint density at radius 2 is 2.04 bits per heavy atom. The lowest BCUT2D eigenvalue weighted by Gasteiger charge is -2.31. The van der Waals surface area contributed by atoms with E-state index in [0.29, 0.717) is 13.2 Å². The van der Waals surface area contributed by atoms with Gasteiger partial charge >= 0.3 is 0 Å². The number of hydrogen-bond acceptors (Lipinski definition) is 4. The summed E-state index contributed by atoms with van der Waals surface area (Å²) in [6, 6.07) is 12.3. The number of benzene rings is 1. The highest BCUT2D eigenvalue weighted by atomic mass is 16.5. The molecule has 1 unspecified atom stereocenters. The molecule has 3 rings (SSSR count). The van der Waals surface area contributed by atoms with Crippen molar-refractivity contribution in [1.29, 1.82) is 0 Å². The van der Waals surface area contributed by atoms with Gasteiger partial charge in [-0.3, -0.25) is 14.7 Å². The van der Waals surface area contributed by atoms with Gasteiger partial charge in [-0.2, -0.15) is 0 Å². The molecule has 2 aromatic rings. The molecule has 0 saturated carbocycles. The first-order valence-corrected chi connectivity index (χ1v) is 10.1. The van der Waals surface area contributed by atoms with Gasteiger partial charge in [-0.25, -0.2) is 0 Å². The lowest BCUT2D eigenvalue weighted by Crippen LogP contribution is -2.43. The molecule has 1 aliphatic heterocycles. The molecule has 0 bridgehead atoms. The van der Waals surface area contributed by atoms with Gasteiger partial charge in [-0.1, -0.05) is 29.8 Å². The summed E-state index contributed by atoms with van der Waals surface area (Å²) >= 11 is 0. The molecule has 150 valence electrons. The van der Waals surface area contributed by atoms with Crippen molar-refractivity contribution >= 4 is 5.91 Å². The van der Waals surface area contributed by atoms with E-state index in [0.717, 1.165) is 31.6 Å². The number of carbonyl (C=O) groups excluding carboxylic acids is 1. The second-order valence-electron chi connectivity index (χ2n) is 7.76. The van der Waals surface area contributed by atoms with Crippen molar-refractivity contribution in [3.63, 3.8) is 0 Å². The average molecular weight is 382 g/mol. The van der Waals surface area contributed by atoms with E-state index in [1.165, 1.54) is 16.7 Å². The van der Waals surface area contributed by atoms with Crippen molar-refractivity contribution in [3.8, 4) is 0 Å². The van der Waals surface area contributed by atoms with Crippen LogP contribution >= 0.6 is 0 Å². The molecule has 1 aromatic carbocycles. The number of amides is 1. The number of nitrogens with zero attached hydrogens (tertiary/aromatic N) is 2. The third kappa shape index (κ3) is 5.88. The zero-order valence-corrected chi connectivity index (χ0v) is 17.1. The van der Waals surface area contributed by atoms with Crippen molar-refractivity contribution in [1.82, 2.24) is 15.2 Å². The molecular formula is C23H31N3O2. The minimum absolute atomic E-state index is 0.0200. The zero-order chi connectivity index (χ0) is 19.9. The van der Waals surface area contributed by atoms with Crippen molar-refractivity contribution in [2.75, 3.05) is 19.6 Å². The maximum absolute atomic E-state index is 12.5. The Balaban J connectivity index is 1.40. The number of aromatic nitrogens is 1. The van der Waals surface area contributed by atoms with Crippen LogP contribution in [0.5, 0.6) is 0 Å². The van der Waals surface area contributed by atoms with E-state index in [1.54, 1.807) is 6.20 Å². The standard InChI is InChI=1S/C23H31N3O2/c1-17-7-8-18(2)22(14-17)19(3)25-23(27)15-26-12-9-21(10-13-26)28-16-20-6-4-5-11-24-20/h4-8,11,14,19,21H,9-10,12-13,15-16H2,1-3H3,(H,25,27). The fourth-order valence-electron chi connectivity index (χ4n) is 3.72. The normalized spacial score (nSPS) is 16.7. The fourth-order valence-corrected chi connectivity index (χ4v) is 3.72. The summed E-state index contributed by atoms with van der Waals surface area (Å²) in [6.45, 7) is 9.00. The second kappa shape index (κ2) is 9.80. The average Bonchev–Trinajstić information content (AvgIpc) is 2.70. The summed E-state index contributed by atoms with van der Waals surface area (Å²) in [5, 5.41) is 3.15. The minimum Gasteiger partial charge on any atom is -0.372 e. The molecule has 1 saturated heterocycles. The number of nitrogens with one attached hydrogen (secondary N) is 1. The maximum atomic E-state index is 12.5. The van der Waals surface area contributed by atoms with Crippen LogP contribution in [-0.4, -0.2) is 41.5 Å². The van der Waals surface area contributed by atoms with Crippen LogP contribution in [0.1, 0.15) is 48.2 Å². The second-order valence-corrected chi connectivity index (χ2v) is 7.76. The Morgan fingerprint density at radius 3 is 2.75 bits per heavy atom. The number of carbonyl (C=O) groups is 1. The van der Waals surface area contributed by atoms with Gasteiger partial charge in [0.15, 0.2) is 0 Å². The van der Waals surface area contributed by atoms with Crippen LogP contribution in [0.25, 0.3) is 0 Å². The predicted molar refractivity (Wildman–Crippen MR) is 111 cm³/mol. The van der Waals surface area contributed by atoms with Gasteiger partial charge in [0.25, 0.3) is 0 Å². The molecule has 5 heteroatoms. The number of hydrogen-bond donors (Lipinski definition) is 1. The van der Waals surface area contributed by atoms with Gasteiger partial charge in [-0.15, -0.1) is 0 Å². The smallest absolute Gasteiger partial charge is 0.234 e. The third-order valence-corrected chi connectivity index (χ3v) is 5.37. The van der Waals surface area contributed by atoms with Crippen LogP contribution in [0.3, 0.4) is 0 Å². The number of likely N-dealkylation sites (tertiary alicyclic amines) is 1. The molecule has 0 spiro atoms. The molecule has 28 heavy (non-hydrogen) atoms. The molecule has 1 N–H and O–H groups in total. The Hall–Kier alpha value is -2.24. The topological polar surface area (TPSA) is 54.5 Å². The third-order valence-electron chi connectivity index (χ3n) is 5.37. The van der Waals surface area contributed by atoms with Crippen molar-refractivity contribution in [2.24, 2.45) is 0 Å². The van der Waals surface area contributed by atoms with E-state index in [9.17, 15) is 4.79 Å². The summed E-state index contributed by atoms with van der Waals surface area (Å²) in [6.07, 6.45) is 3.94. The number of aryl methyl sites for hydroxylation is 2. The molecular weight excluding hydrogens is 350 g/mol. The highest BCUT2D eigenvalue weighted by Crippen LogP contribution is 2.19. The van der Waals surface area contributed by atoms with Gasteiger partial charge in [-0.05, 0) is 56.9 Å². The molecule has 0 aliphatic carbocycles. The van der Waals surface area contributed by atoms with E-state index < -0.39 is 0 Å². The van der Waals surface area contributed by atoms with Gasteiger partial charge in [0, 0.05) is 19.3 Å². The fraction of sp³-hybridized carbons (Fsp3) is 0.478. The van der Waals surface area contributed by atoms with Crippen molar-refractivity contribution in [3.05, 3.63) is 65.0 Å². The van der Waals surface area contributed by atoms with Crippen LogP contribution in [0.15, 0.2) is 42.6 Å². The highest BCUT2D eigenvalue weighted by molar-refractivity contribution is 5.78. The van der Waals surface area contributed by atoms with Crippen LogP contribution in [0.4, 0.5) is 0 Å². The van der Waals surface area contributed by atoms with Gasteiger partial charge in [0.05, 0.1) is 31.0 Å². The summed E-state index contributed by atoms with van der Waals surface area (Å²) in [5.74, 6) is 0.0845. The van der Waals surface area contributed by atoms with Crippen LogP contribution in [0.2, 0.25) is 0 Å².